The second-order valence-corrected chi connectivity index (χ2v) is 3.02. The van der Waals surface area contributed by atoms with Crippen molar-refractivity contribution in [2.45, 2.75) is 0 Å². The first kappa shape index (κ1) is 8.20. The maximum absolute atomic E-state index is 5.96. The second-order valence-electron chi connectivity index (χ2n) is 2.62. The minimum Gasteiger partial charge on any atom is -0.158 e. The highest BCUT2D eigenvalue weighted by atomic mass is 35.5. The lowest BCUT2D eigenvalue weighted by Crippen LogP contribution is -1.83. The molecule has 0 N–H and O–H groups in total. The van der Waals surface area contributed by atoms with Crippen molar-refractivity contribution >= 4 is 11.6 Å². The van der Waals surface area contributed by atoms with Crippen molar-refractivity contribution in [3.8, 4) is 11.1 Å². The van der Waals surface area contributed by atoms with Crippen LogP contribution in [-0.2, 0) is 0 Å². The maximum Gasteiger partial charge on any atom is 0.0702 e. The summed E-state index contributed by atoms with van der Waals surface area (Å²) in [5.74, 6) is 0. The van der Waals surface area contributed by atoms with Crippen molar-refractivity contribution in [2.75, 3.05) is 0 Å². The number of halogens is 1. The zero-order chi connectivity index (χ0) is 9.10. The Hall–Kier alpha value is -1.41. The molecule has 3 heteroatoms. The second kappa shape index (κ2) is 3.54. The summed E-state index contributed by atoms with van der Waals surface area (Å²) in [4.78, 5) is 0. The van der Waals surface area contributed by atoms with Crippen molar-refractivity contribution < 1.29 is 0 Å². The normalized spacial score (nSPS) is 9.92. The van der Waals surface area contributed by atoms with Gasteiger partial charge in [0.1, 0.15) is 0 Å². The Morgan fingerprint density at radius 3 is 2.31 bits per heavy atom. The Morgan fingerprint density at radius 1 is 0.923 bits per heavy atom. The van der Waals surface area contributed by atoms with E-state index >= 15 is 0 Å². The summed E-state index contributed by atoms with van der Waals surface area (Å²) in [6, 6.07) is 9.87. The number of hydrogen-bond acceptors (Lipinski definition) is 2. The fourth-order valence-corrected chi connectivity index (χ4v) is 1.34. The van der Waals surface area contributed by atoms with Gasteiger partial charge in [0.05, 0.1) is 17.4 Å². The number of rotatable bonds is 1. The fraction of sp³-hybridized carbons (Fsp3) is 0. The molecule has 0 amide bonds. The molecule has 0 saturated carbocycles. The summed E-state index contributed by atoms with van der Waals surface area (Å²) in [7, 11) is 0. The van der Waals surface area contributed by atoms with Crippen LogP contribution < -0.4 is 0 Å². The van der Waals surface area contributed by atoms with E-state index in [9.17, 15) is 0 Å². The number of benzene rings is 1. The van der Waals surface area contributed by atoms with Crippen molar-refractivity contribution in [2.24, 2.45) is 0 Å². The Labute approximate surface area is 81.2 Å². The van der Waals surface area contributed by atoms with Gasteiger partial charge in [0.15, 0.2) is 0 Å². The largest absolute Gasteiger partial charge is 0.158 e. The molecule has 2 rings (SSSR count). The molecule has 0 unspecified atom stereocenters. The smallest absolute Gasteiger partial charge is 0.0702 e. The van der Waals surface area contributed by atoms with Crippen LogP contribution in [0.3, 0.4) is 0 Å². The van der Waals surface area contributed by atoms with E-state index < -0.39 is 0 Å². The van der Waals surface area contributed by atoms with Crippen molar-refractivity contribution in [3.63, 3.8) is 0 Å². The molecule has 2 nitrogen and oxygen atoms in total. The predicted octanol–water partition coefficient (Wildman–Crippen LogP) is 2.80. The van der Waals surface area contributed by atoms with E-state index in [2.05, 4.69) is 10.2 Å². The summed E-state index contributed by atoms with van der Waals surface area (Å²) >= 11 is 5.96. The van der Waals surface area contributed by atoms with Gasteiger partial charge in [0.25, 0.3) is 0 Å². The first-order chi connectivity index (χ1) is 6.38. The molecular weight excluding hydrogens is 184 g/mol. The molecule has 0 radical (unpaired) electrons. The third kappa shape index (κ3) is 1.68. The molecule has 1 heterocycles. The molecule has 1 aromatic heterocycles. The third-order valence-electron chi connectivity index (χ3n) is 1.77. The van der Waals surface area contributed by atoms with Gasteiger partial charge in [-0.25, -0.2) is 0 Å². The van der Waals surface area contributed by atoms with Gasteiger partial charge in [-0.15, -0.1) is 0 Å². The average Bonchev–Trinajstić information content (AvgIpc) is 2.20. The minimum absolute atomic E-state index is 0.626. The zero-order valence-corrected chi connectivity index (χ0v) is 7.57. The molecule has 0 fully saturated rings. The fourth-order valence-electron chi connectivity index (χ4n) is 1.14. The molecular formula is C10H7ClN2. The van der Waals surface area contributed by atoms with Gasteiger partial charge < -0.3 is 0 Å². The van der Waals surface area contributed by atoms with Gasteiger partial charge in [0.2, 0.25) is 0 Å². The quantitative estimate of drug-likeness (QED) is 0.691. The number of nitrogens with zero attached hydrogens (tertiary/aromatic N) is 2. The van der Waals surface area contributed by atoms with Crippen molar-refractivity contribution in [3.05, 3.63) is 47.7 Å². The lowest BCUT2D eigenvalue weighted by Gasteiger charge is -2.00. The van der Waals surface area contributed by atoms with Crippen LogP contribution in [0.15, 0.2) is 42.7 Å². The molecule has 1 aromatic carbocycles. The van der Waals surface area contributed by atoms with E-state index in [0.717, 1.165) is 11.1 Å². The monoisotopic (exact) mass is 190 g/mol. The summed E-state index contributed by atoms with van der Waals surface area (Å²) in [5, 5.41) is 8.10. The molecule has 0 aliphatic rings. The van der Waals surface area contributed by atoms with E-state index in [-0.39, 0.29) is 0 Å². The van der Waals surface area contributed by atoms with Crippen LogP contribution in [0.2, 0.25) is 5.02 Å². The predicted molar refractivity (Wildman–Crippen MR) is 52.5 cm³/mol. The van der Waals surface area contributed by atoms with E-state index in [0.29, 0.717) is 5.02 Å². The average molecular weight is 191 g/mol. The molecule has 13 heavy (non-hydrogen) atoms. The molecule has 0 saturated heterocycles. The van der Waals surface area contributed by atoms with E-state index in [1.807, 2.05) is 30.3 Å². The molecule has 0 bridgehead atoms. The SMILES string of the molecule is Clc1cnncc1-c1ccccc1. The summed E-state index contributed by atoms with van der Waals surface area (Å²) in [6.45, 7) is 0. The van der Waals surface area contributed by atoms with Gasteiger partial charge >= 0.3 is 0 Å². The highest BCUT2D eigenvalue weighted by Gasteiger charge is 2.01. The standard InChI is InChI=1S/C10H7ClN2/c11-10-7-13-12-6-9(10)8-4-2-1-3-5-8/h1-7H. The van der Waals surface area contributed by atoms with Gasteiger partial charge in [-0.05, 0) is 5.56 Å². The highest BCUT2D eigenvalue weighted by Crippen LogP contribution is 2.24. The maximum atomic E-state index is 5.96. The van der Waals surface area contributed by atoms with E-state index in [1.165, 1.54) is 0 Å². The first-order valence-electron chi connectivity index (χ1n) is 3.89. The number of hydrogen-bond donors (Lipinski definition) is 0. The van der Waals surface area contributed by atoms with Crippen LogP contribution >= 0.6 is 11.6 Å². The van der Waals surface area contributed by atoms with Crippen LogP contribution in [0.25, 0.3) is 11.1 Å². The molecule has 64 valence electrons. The summed E-state index contributed by atoms with van der Waals surface area (Å²) in [6.07, 6.45) is 3.21. The summed E-state index contributed by atoms with van der Waals surface area (Å²) < 4.78 is 0. The Kier molecular flexibility index (Phi) is 2.23. The van der Waals surface area contributed by atoms with Crippen LogP contribution in [0.5, 0.6) is 0 Å². The zero-order valence-electron chi connectivity index (χ0n) is 6.81. The lowest BCUT2D eigenvalue weighted by atomic mass is 10.1. The minimum atomic E-state index is 0.626. The molecule has 0 aliphatic heterocycles. The molecule has 0 spiro atoms. The number of aromatic nitrogens is 2. The van der Waals surface area contributed by atoms with Crippen LogP contribution in [0, 0.1) is 0 Å². The Balaban J connectivity index is 2.54. The lowest BCUT2D eigenvalue weighted by molar-refractivity contribution is 1.03. The Bertz CT molecular complexity index is 401. The molecule has 2 aromatic rings. The van der Waals surface area contributed by atoms with Crippen molar-refractivity contribution in [1.82, 2.24) is 10.2 Å². The van der Waals surface area contributed by atoms with E-state index in [4.69, 9.17) is 11.6 Å². The van der Waals surface area contributed by atoms with Crippen LogP contribution in [-0.4, -0.2) is 10.2 Å². The molecule has 0 atom stereocenters. The van der Waals surface area contributed by atoms with E-state index in [1.54, 1.807) is 12.4 Å². The van der Waals surface area contributed by atoms with Crippen LogP contribution in [0.4, 0.5) is 0 Å². The molecule has 0 aliphatic carbocycles. The summed E-state index contributed by atoms with van der Waals surface area (Å²) in [5.41, 5.74) is 1.97. The third-order valence-corrected chi connectivity index (χ3v) is 2.07. The van der Waals surface area contributed by atoms with Gasteiger partial charge in [-0.1, -0.05) is 41.9 Å². The van der Waals surface area contributed by atoms with Gasteiger partial charge in [-0.2, -0.15) is 10.2 Å². The first-order valence-corrected chi connectivity index (χ1v) is 4.27. The van der Waals surface area contributed by atoms with Gasteiger partial charge in [-0.3, -0.25) is 0 Å². The Morgan fingerprint density at radius 2 is 1.62 bits per heavy atom. The topological polar surface area (TPSA) is 25.8 Å². The highest BCUT2D eigenvalue weighted by molar-refractivity contribution is 6.33. The van der Waals surface area contributed by atoms with Crippen LogP contribution in [0.1, 0.15) is 0 Å². The van der Waals surface area contributed by atoms with Crippen molar-refractivity contribution in [1.29, 1.82) is 0 Å². The van der Waals surface area contributed by atoms with Gasteiger partial charge in [0, 0.05) is 5.56 Å².